The van der Waals surface area contributed by atoms with E-state index in [1.165, 1.54) is 0 Å². The maximum absolute atomic E-state index is 10.9. The van der Waals surface area contributed by atoms with E-state index in [4.69, 9.17) is 10.00 Å². The molecule has 0 rings (SSSR count). The maximum Gasteiger partial charge on any atom is 0.313 e. The summed E-state index contributed by atoms with van der Waals surface area (Å²) in [5.41, 5.74) is 0. The molecule has 0 aromatic heterocycles. The molecule has 0 aliphatic rings. The van der Waals surface area contributed by atoms with Crippen molar-refractivity contribution in [1.82, 2.24) is 0 Å². The summed E-state index contributed by atoms with van der Waals surface area (Å²) < 4.78 is 4.73. The molecule has 0 bridgehead atoms. The van der Waals surface area contributed by atoms with E-state index in [2.05, 4.69) is 0 Å². The quantitative estimate of drug-likeness (QED) is 0.352. The Morgan fingerprint density at radius 2 is 2.15 bits per heavy atom. The predicted octanol–water partition coefficient (Wildman–Crippen LogP) is 1.20. The highest BCUT2D eigenvalue weighted by atomic mass is 16.5. The topological polar surface area (TPSA) is 67.2 Å². The largest absolute Gasteiger partial charge is 0.465 e. The molecule has 0 radical (unpaired) electrons. The first kappa shape index (κ1) is 11.6. The van der Waals surface area contributed by atoms with Crippen molar-refractivity contribution in [2.75, 3.05) is 6.61 Å². The zero-order valence-electron chi connectivity index (χ0n) is 7.71. The lowest BCUT2D eigenvalue weighted by atomic mass is 10.2. The fourth-order valence-electron chi connectivity index (χ4n) is 0.693. The standard InChI is InChI=1S/C9H13NO3/c1-2-3-6-13-9(12)7-8(11)4-5-10/h2-4,6-7H2,1H3. The van der Waals surface area contributed by atoms with Gasteiger partial charge in [0.1, 0.15) is 6.42 Å². The highest BCUT2D eigenvalue weighted by molar-refractivity contribution is 5.96. The van der Waals surface area contributed by atoms with Gasteiger partial charge in [-0.25, -0.2) is 0 Å². The number of hydrogen-bond donors (Lipinski definition) is 0. The van der Waals surface area contributed by atoms with Crippen LogP contribution in [0.3, 0.4) is 0 Å². The summed E-state index contributed by atoms with van der Waals surface area (Å²) in [6.45, 7) is 2.34. The predicted molar refractivity (Wildman–Crippen MR) is 45.7 cm³/mol. The van der Waals surface area contributed by atoms with Crippen molar-refractivity contribution in [2.24, 2.45) is 0 Å². The van der Waals surface area contributed by atoms with Crippen LogP contribution in [-0.4, -0.2) is 18.4 Å². The molecule has 0 N–H and O–H groups in total. The molecule has 0 unspecified atom stereocenters. The minimum absolute atomic E-state index is 0.219. The van der Waals surface area contributed by atoms with Gasteiger partial charge in [-0.1, -0.05) is 13.3 Å². The Labute approximate surface area is 77.5 Å². The molecule has 0 heterocycles. The van der Waals surface area contributed by atoms with Gasteiger partial charge >= 0.3 is 5.97 Å². The molecule has 4 heteroatoms. The molecule has 0 fully saturated rings. The highest BCUT2D eigenvalue weighted by Gasteiger charge is 2.09. The molecule has 0 saturated heterocycles. The van der Waals surface area contributed by atoms with E-state index in [-0.39, 0.29) is 18.6 Å². The first-order valence-corrected chi connectivity index (χ1v) is 4.25. The Morgan fingerprint density at radius 1 is 1.46 bits per heavy atom. The number of unbranched alkanes of at least 4 members (excludes halogenated alkanes) is 1. The zero-order chi connectivity index (χ0) is 10.1. The van der Waals surface area contributed by atoms with Crippen molar-refractivity contribution in [3.63, 3.8) is 0 Å². The summed E-state index contributed by atoms with van der Waals surface area (Å²) in [7, 11) is 0. The minimum atomic E-state index is -0.534. The van der Waals surface area contributed by atoms with E-state index in [1.54, 1.807) is 6.07 Å². The summed E-state index contributed by atoms with van der Waals surface area (Å²) >= 11 is 0. The Kier molecular flexibility index (Phi) is 6.52. The van der Waals surface area contributed by atoms with Crippen LogP contribution in [0.25, 0.3) is 0 Å². The van der Waals surface area contributed by atoms with Crippen LogP contribution in [0, 0.1) is 11.3 Å². The normalized spacial score (nSPS) is 8.92. The molecule has 4 nitrogen and oxygen atoms in total. The van der Waals surface area contributed by atoms with E-state index >= 15 is 0 Å². The van der Waals surface area contributed by atoms with Crippen LogP contribution in [-0.2, 0) is 14.3 Å². The summed E-state index contributed by atoms with van der Waals surface area (Å²) in [4.78, 5) is 21.6. The lowest BCUT2D eigenvalue weighted by Gasteiger charge is -2.01. The second-order valence-corrected chi connectivity index (χ2v) is 2.62. The summed E-state index contributed by atoms with van der Waals surface area (Å²) in [6, 6.07) is 1.68. The minimum Gasteiger partial charge on any atom is -0.465 e. The Bertz CT molecular complexity index is 217. The van der Waals surface area contributed by atoms with Crippen molar-refractivity contribution < 1.29 is 14.3 Å². The van der Waals surface area contributed by atoms with Gasteiger partial charge in [0.15, 0.2) is 5.78 Å². The summed E-state index contributed by atoms with van der Waals surface area (Å²) in [6.07, 6.45) is 1.25. The van der Waals surface area contributed by atoms with Crippen LogP contribution in [0.5, 0.6) is 0 Å². The van der Waals surface area contributed by atoms with E-state index in [0.717, 1.165) is 12.8 Å². The monoisotopic (exact) mass is 183 g/mol. The van der Waals surface area contributed by atoms with Gasteiger partial charge in [-0.2, -0.15) is 5.26 Å². The van der Waals surface area contributed by atoms with E-state index in [9.17, 15) is 9.59 Å². The average Bonchev–Trinajstić information content (AvgIpc) is 2.05. The first-order chi connectivity index (χ1) is 6.20. The number of esters is 1. The van der Waals surface area contributed by atoms with Gasteiger partial charge in [-0.15, -0.1) is 0 Å². The summed E-state index contributed by atoms with van der Waals surface area (Å²) in [5, 5.41) is 8.14. The van der Waals surface area contributed by atoms with Crippen LogP contribution in [0.15, 0.2) is 0 Å². The third-order valence-electron chi connectivity index (χ3n) is 1.38. The molecule has 0 aromatic carbocycles. The Balaban J connectivity index is 3.51. The van der Waals surface area contributed by atoms with Crippen LogP contribution < -0.4 is 0 Å². The van der Waals surface area contributed by atoms with Gasteiger partial charge in [0.05, 0.1) is 19.1 Å². The van der Waals surface area contributed by atoms with Gasteiger partial charge in [0, 0.05) is 0 Å². The third-order valence-corrected chi connectivity index (χ3v) is 1.38. The number of ketones is 1. The van der Waals surface area contributed by atoms with Crippen LogP contribution in [0.2, 0.25) is 0 Å². The Hall–Kier alpha value is -1.37. The number of rotatable bonds is 6. The molecule has 0 atom stereocenters. The molecule has 0 aromatic rings. The van der Waals surface area contributed by atoms with Crippen LogP contribution in [0.4, 0.5) is 0 Å². The number of Topliss-reactive ketones (excluding diaryl/α,β-unsaturated/α-hetero) is 1. The molecule has 0 aliphatic heterocycles. The molecule has 13 heavy (non-hydrogen) atoms. The van der Waals surface area contributed by atoms with Crippen molar-refractivity contribution in [2.45, 2.75) is 32.6 Å². The first-order valence-electron chi connectivity index (χ1n) is 4.25. The SMILES string of the molecule is CCCCOC(=O)CC(=O)CC#N. The molecule has 72 valence electrons. The van der Waals surface area contributed by atoms with Crippen molar-refractivity contribution in [3.8, 4) is 6.07 Å². The number of carbonyl (C=O) groups excluding carboxylic acids is 2. The molecular formula is C9H13NO3. The molecule has 0 spiro atoms. The second kappa shape index (κ2) is 7.29. The van der Waals surface area contributed by atoms with E-state index < -0.39 is 5.97 Å². The van der Waals surface area contributed by atoms with E-state index in [1.807, 2.05) is 6.92 Å². The number of nitriles is 1. The second-order valence-electron chi connectivity index (χ2n) is 2.62. The van der Waals surface area contributed by atoms with Gasteiger partial charge in [-0.3, -0.25) is 9.59 Å². The van der Waals surface area contributed by atoms with Crippen LogP contribution >= 0.6 is 0 Å². The number of carbonyl (C=O) groups is 2. The molecule has 0 saturated carbocycles. The van der Waals surface area contributed by atoms with Gasteiger partial charge < -0.3 is 4.74 Å². The van der Waals surface area contributed by atoms with Gasteiger partial charge in [0.2, 0.25) is 0 Å². The van der Waals surface area contributed by atoms with Crippen molar-refractivity contribution >= 4 is 11.8 Å². The fraction of sp³-hybridized carbons (Fsp3) is 0.667. The highest BCUT2D eigenvalue weighted by Crippen LogP contribution is 1.94. The van der Waals surface area contributed by atoms with Crippen LogP contribution in [0.1, 0.15) is 32.6 Å². The van der Waals surface area contributed by atoms with Crippen molar-refractivity contribution in [3.05, 3.63) is 0 Å². The smallest absolute Gasteiger partial charge is 0.313 e. The van der Waals surface area contributed by atoms with Gasteiger partial charge in [-0.05, 0) is 6.42 Å². The molecular weight excluding hydrogens is 170 g/mol. The lowest BCUT2D eigenvalue weighted by Crippen LogP contribution is -2.11. The number of ether oxygens (including phenoxy) is 1. The number of hydrogen-bond acceptors (Lipinski definition) is 4. The number of nitrogens with zero attached hydrogens (tertiary/aromatic N) is 1. The average molecular weight is 183 g/mol. The molecule has 0 amide bonds. The zero-order valence-corrected chi connectivity index (χ0v) is 7.71. The fourth-order valence-corrected chi connectivity index (χ4v) is 0.693. The Morgan fingerprint density at radius 3 is 2.69 bits per heavy atom. The third kappa shape index (κ3) is 7.01. The maximum atomic E-state index is 10.9. The van der Waals surface area contributed by atoms with E-state index in [0.29, 0.717) is 6.61 Å². The summed E-state index contributed by atoms with van der Waals surface area (Å²) in [5.74, 6) is -0.919. The van der Waals surface area contributed by atoms with Crippen molar-refractivity contribution in [1.29, 1.82) is 5.26 Å². The van der Waals surface area contributed by atoms with Gasteiger partial charge in [0.25, 0.3) is 0 Å². The molecule has 0 aliphatic carbocycles. The lowest BCUT2D eigenvalue weighted by molar-refractivity contribution is -0.145.